The smallest absolute Gasteiger partial charge is 0.169 e. The molecular formula is C9H17NO7. The first-order valence-corrected chi connectivity index (χ1v) is 4.93. The Morgan fingerprint density at radius 3 is 2.24 bits per heavy atom. The average molecular weight is 251 g/mol. The fourth-order valence-corrected chi connectivity index (χ4v) is 0.882. The lowest BCUT2D eigenvalue weighted by molar-refractivity contribution is -0.136. The number of aliphatic hydroxyl groups excluding tert-OH is 5. The number of nitrogens with zero attached hydrogens (tertiary/aromatic N) is 1. The van der Waals surface area contributed by atoms with Gasteiger partial charge in [0.2, 0.25) is 0 Å². The minimum Gasteiger partial charge on any atom is -0.482 e. The average Bonchev–Trinajstić information content (AvgIpc) is 2.93. The van der Waals surface area contributed by atoms with Crippen LogP contribution in [0.25, 0.3) is 0 Å². The van der Waals surface area contributed by atoms with Crippen LogP contribution < -0.4 is 0 Å². The molecule has 4 atom stereocenters. The molecule has 1 rings (SSSR count). The van der Waals surface area contributed by atoms with E-state index in [1.54, 1.807) is 0 Å². The van der Waals surface area contributed by atoms with Gasteiger partial charge in [0.05, 0.1) is 13.2 Å². The molecule has 17 heavy (non-hydrogen) atoms. The van der Waals surface area contributed by atoms with Crippen LogP contribution >= 0.6 is 0 Å². The van der Waals surface area contributed by atoms with E-state index >= 15 is 0 Å². The zero-order valence-electron chi connectivity index (χ0n) is 9.09. The van der Waals surface area contributed by atoms with Crippen LogP contribution in [0.5, 0.6) is 0 Å². The predicted molar refractivity (Wildman–Crippen MR) is 56.5 cm³/mol. The van der Waals surface area contributed by atoms with Crippen LogP contribution in [0.1, 0.15) is 0 Å². The lowest BCUT2D eigenvalue weighted by atomic mass is 10.0. The highest BCUT2D eigenvalue weighted by Gasteiger charge is 2.29. The Kier molecular flexibility index (Phi) is 8.46. The van der Waals surface area contributed by atoms with Crippen molar-refractivity contribution in [1.29, 1.82) is 0 Å². The molecule has 0 saturated heterocycles. The molecule has 0 bridgehead atoms. The van der Waals surface area contributed by atoms with E-state index in [9.17, 15) is 4.79 Å². The van der Waals surface area contributed by atoms with Gasteiger partial charge in [-0.1, -0.05) is 0 Å². The van der Waals surface area contributed by atoms with Crippen LogP contribution in [0.15, 0.2) is 4.99 Å². The van der Waals surface area contributed by atoms with Crippen molar-refractivity contribution in [2.45, 2.75) is 24.4 Å². The second-order valence-corrected chi connectivity index (χ2v) is 3.24. The summed E-state index contributed by atoms with van der Waals surface area (Å²) in [6, 6.07) is 0. The van der Waals surface area contributed by atoms with Crippen molar-refractivity contribution >= 4 is 12.7 Å². The number of rotatable bonds is 5. The van der Waals surface area contributed by atoms with Gasteiger partial charge in [0.15, 0.2) is 12.7 Å². The molecule has 0 aliphatic carbocycles. The molecule has 0 fully saturated rings. The van der Waals surface area contributed by atoms with Gasteiger partial charge in [-0.3, -0.25) is 4.99 Å². The van der Waals surface area contributed by atoms with Gasteiger partial charge in [0.25, 0.3) is 0 Å². The molecule has 0 aromatic rings. The second-order valence-electron chi connectivity index (χ2n) is 3.24. The third-order valence-electron chi connectivity index (χ3n) is 1.91. The molecule has 4 unspecified atom stereocenters. The van der Waals surface area contributed by atoms with Gasteiger partial charge < -0.3 is 35.1 Å². The summed E-state index contributed by atoms with van der Waals surface area (Å²) in [5.74, 6) is 0. The van der Waals surface area contributed by atoms with Crippen molar-refractivity contribution in [3.05, 3.63) is 0 Å². The number of aldehydes is 1. The Balaban J connectivity index is 0.000000419. The van der Waals surface area contributed by atoms with Gasteiger partial charge in [0, 0.05) is 0 Å². The number of aliphatic hydroxyl groups is 5. The van der Waals surface area contributed by atoms with E-state index in [0.717, 1.165) is 13.2 Å². The van der Waals surface area contributed by atoms with Gasteiger partial charge >= 0.3 is 0 Å². The lowest BCUT2D eigenvalue weighted by Gasteiger charge is -2.22. The monoisotopic (exact) mass is 251 g/mol. The van der Waals surface area contributed by atoms with Gasteiger partial charge in [-0.2, -0.15) is 0 Å². The third-order valence-corrected chi connectivity index (χ3v) is 1.91. The van der Waals surface area contributed by atoms with Gasteiger partial charge in [-0.05, 0) is 0 Å². The molecule has 0 amide bonds. The maximum Gasteiger partial charge on any atom is 0.169 e. The fourth-order valence-electron chi connectivity index (χ4n) is 0.882. The van der Waals surface area contributed by atoms with Crippen molar-refractivity contribution < 1.29 is 35.1 Å². The molecule has 0 saturated carbocycles. The van der Waals surface area contributed by atoms with E-state index in [1.165, 1.54) is 6.40 Å². The maximum absolute atomic E-state index is 9.90. The first kappa shape index (κ1) is 15.9. The summed E-state index contributed by atoms with van der Waals surface area (Å²) < 4.78 is 4.65. The molecule has 1 heterocycles. The largest absolute Gasteiger partial charge is 0.482 e. The Hall–Kier alpha value is -1.06. The zero-order chi connectivity index (χ0) is 13.3. The van der Waals surface area contributed by atoms with Crippen LogP contribution in [0.2, 0.25) is 0 Å². The van der Waals surface area contributed by atoms with E-state index in [1.807, 2.05) is 0 Å². The Morgan fingerprint density at radius 1 is 1.29 bits per heavy atom. The summed E-state index contributed by atoms with van der Waals surface area (Å²) in [7, 11) is 0. The van der Waals surface area contributed by atoms with Gasteiger partial charge in [-0.15, -0.1) is 0 Å². The summed E-state index contributed by atoms with van der Waals surface area (Å²) in [5.41, 5.74) is 0. The van der Waals surface area contributed by atoms with Crippen LogP contribution in [0.4, 0.5) is 0 Å². The summed E-state index contributed by atoms with van der Waals surface area (Å²) in [4.78, 5) is 13.6. The Morgan fingerprint density at radius 2 is 1.94 bits per heavy atom. The van der Waals surface area contributed by atoms with Crippen LogP contribution in [0.3, 0.4) is 0 Å². The zero-order valence-corrected chi connectivity index (χ0v) is 9.09. The topological polar surface area (TPSA) is 140 Å². The number of ether oxygens (including phenoxy) is 1. The molecule has 1 aliphatic rings. The van der Waals surface area contributed by atoms with Gasteiger partial charge in [0.1, 0.15) is 31.0 Å². The highest BCUT2D eigenvalue weighted by molar-refractivity contribution is 5.56. The summed E-state index contributed by atoms with van der Waals surface area (Å²) in [6.45, 7) is 0.865. The number of hydrogen-bond acceptors (Lipinski definition) is 8. The van der Waals surface area contributed by atoms with Crippen molar-refractivity contribution in [1.82, 2.24) is 0 Å². The van der Waals surface area contributed by atoms with Gasteiger partial charge in [-0.25, -0.2) is 0 Å². The van der Waals surface area contributed by atoms with Crippen LogP contribution in [0, 0.1) is 0 Å². The number of hydrogen-bond donors (Lipinski definition) is 5. The number of aliphatic imine (C=N–C) groups is 1. The molecule has 8 nitrogen and oxygen atoms in total. The highest BCUT2D eigenvalue weighted by atomic mass is 16.5. The maximum atomic E-state index is 9.90. The Labute approximate surface area is 97.8 Å². The van der Waals surface area contributed by atoms with Crippen LogP contribution in [-0.4, -0.2) is 82.4 Å². The molecule has 1 aliphatic heterocycles. The summed E-state index contributed by atoms with van der Waals surface area (Å²) in [5, 5.41) is 43.5. The Bertz CT molecular complexity index is 229. The summed E-state index contributed by atoms with van der Waals surface area (Å²) in [6.07, 6.45) is -5.35. The standard InChI is InChI=1S/C6H12O6.C3H5NO/c7-1-3(9)5(11)6(12)4(10)2-8;1-2-5-3-4-1/h1,3-6,8-12H,2H2;3H,1-2H2. The van der Waals surface area contributed by atoms with Crippen LogP contribution in [-0.2, 0) is 9.53 Å². The summed E-state index contributed by atoms with van der Waals surface area (Å²) >= 11 is 0. The van der Waals surface area contributed by atoms with E-state index in [0.29, 0.717) is 0 Å². The van der Waals surface area contributed by atoms with Crippen molar-refractivity contribution in [3.8, 4) is 0 Å². The molecule has 0 aromatic heterocycles. The molecular weight excluding hydrogens is 234 g/mol. The predicted octanol–water partition coefficient (Wildman–Crippen LogP) is -3.33. The molecule has 0 spiro atoms. The molecule has 100 valence electrons. The first-order chi connectivity index (χ1) is 8.04. The number of carbonyl (C=O) groups excluding carboxylic acids is 1. The minimum absolute atomic E-state index is 0.0258. The molecule has 5 N–H and O–H groups in total. The molecule has 0 radical (unpaired) electrons. The lowest BCUT2D eigenvalue weighted by Crippen LogP contribution is -2.46. The minimum atomic E-state index is -1.79. The second kappa shape index (κ2) is 9.02. The third kappa shape index (κ3) is 6.29. The van der Waals surface area contributed by atoms with E-state index in [4.69, 9.17) is 25.5 Å². The van der Waals surface area contributed by atoms with E-state index in [2.05, 4.69) is 9.73 Å². The normalized spacial score (nSPS) is 20.5. The van der Waals surface area contributed by atoms with E-state index < -0.39 is 31.0 Å². The van der Waals surface area contributed by atoms with Crippen molar-refractivity contribution in [2.24, 2.45) is 4.99 Å². The highest BCUT2D eigenvalue weighted by Crippen LogP contribution is 2.02. The molecule has 0 aromatic carbocycles. The SMILES string of the molecule is C1=NCCO1.O=CC(O)C(O)C(O)C(O)CO. The fraction of sp³-hybridized carbons (Fsp3) is 0.778. The van der Waals surface area contributed by atoms with Crippen molar-refractivity contribution in [3.63, 3.8) is 0 Å². The number of carbonyl (C=O) groups is 1. The molecule has 8 heteroatoms. The van der Waals surface area contributed by atoms with Crippen molar-refractivity contribution in [2.75, 3.05) is 19.8 Å². The quantitative estimate of drug-likeness (QED) is 0.322. The first-order valence-electron chi connectivity index (χ1n) is 4.93. The van der Waals surface area contributed by atoms with E-state index in [-0.39, 0.29) is 6.29 Å².